The first kappa shape index (κ1) is 15.2. The molecule has 2 aromatic rings. The number of hydrogen-bond acceptors (Lipinski definition) is 6. The number of aromatic amines is 1. The number of halogens is 1. The fourth-order valence-electron chi connectivity index (χ4n) is 1.47. The highest BCUT2D eigenvalue weighted by molar-refractivity contribution is 9.10. The van der Waals surface area contributed by atoms with Gasteiger partial charge in [0.05, 0.1) is 23.5 Å². The van der Waals surface area contributed by atoms with Crippen LogP contribution >= 0.6 is 15.9 Å². The lowest BCUT2D eigenvalue weighted by atomic mass is 10.2. The molecule has 7 nitrogen and oxygen atoms in total. The van der Waals surface area contributed by atoms with Crippen LogP contribution in [0.15, 0.2) is 38.8 Å². The summed E-state index contributed by atoms with van der Waals surface area (Å²) in [5.74, 6) is 1.07. The first-order valence-corrected chi connectivity index (χ1v) is 7.11. The minimum atomic E-state index is -0.532. The van der Waals surface area contributed by atoms with Crippen LogP contribution in [0.4, 0.5) is 5.82 Å². The van der Waals surface area contributed by atoms with Crippen molar-refractivity contribution in [1.29, 1.82) is 0 Å². The Balaban J connectivity index is 2.01. The molecule has 0 radical (unpaired) electrons. The van der Waals surface area contributed by atoms with Crippen LogP contribution in [-0.2, 0) is 0 Å². The quantitative estimate of drug-likeness (QED) is 0.614. The van der Waals surface area contributed by atoms with Crippen molar-refractivity contribution in [2.75, 3.05) is 12.0 Å². The van der Waals surface area contributed by atoms with Crippen LogP contribution in [0, 0.1) is 0 Å². The van der Waals surface area contributed by atoms with Crippen molar-refractivity contribution in [2.45, 2.75) is 13.3 Å². The Bertz CT molecular complexity index is 686. The van der Waals surface area contributed by atoms with Crippen LogP contribution in [0.5, 0.6) is 5.75 Å². The van der Waals surface area contributed by atoms with Crippen molar-refractivity contribution in [2.24, 2.45) is 5.10 Å². The summed E-state index contributed by atoms with van der Waals surface area (Å²) in [7, 11) is 0. The van der Waals surface area contributed by atoms with Crippen molar-refractivity contribution in [1.82, 2.24) is 15.2 Å². The van der Waals surface area contributed by atoms with Crippen molar-refractivity contribution in [3.63, 3.8) is 0 Å². The Kier molecular flexibility index (Phi) is 5.44. The molecule has 0 fully saturated rings. The second kappa shape index (κ2) is 7.53. The molecule has 0 spiro atoms. The third kappa shape index (κ3) is 4.67. The highest BCUT2D eigenvalue weighted by Gasteiger charge is 2.01. The van der Waals surface area contributed by atoms with E-state index < -0.39 is 5.69 Å². The summed E-state index contributed by atoms with van der Waals surface area (Å²) >= 11 is 3.45. The number of ether oxygens (including phenoxy) is 1. The number of anilines is 1. The number of hydrazone groups is 1. The number of H-pyrrole nitrogens is 1. The molecule has 21 heavy (non-hydrogen) atoms. The lowest BCUT2D eigenvalue weighted by Gasteiger charge is -2.07. The van der Waals surface area contributed by atoms with Gasteiger partial charge in [0.1, 0.15) is 5.75 Å². The van der Waals surface area contributed by atoms with Crippen LogP contribution in [0.2, 0.25) is 0 Å². The molecule has 0 amide bonds. The summed E-state index contributed by atoms with van der Waals surface area (Å²) in [5.41, 5.74) is 2.97. The maximum Gasteiger partial charge on any atom is 0.363 e. The predicted molar refractivity (Wildman–Crippen MR) is 83.8 cm³/mol. The van der Waals surface area contributed by atoms with E-state index in [0.717, 1.165) is 22.2 Å². The number of rotatable bonds is 6. The molecule has 0 saturated carbocycles. The second-order valence-electron chi connectivity index (χ2n) is 4.08. The SMILES string of the molecule is CCCOc1ccc(/C=N/Nc2cn[nH]c(=O)n2)cc1Br. The van der Waals surface area contributed by atoms with Gasteiger partial charge in [0, 0.05) is 0 Å². The predicted octanol–water partition coefficient (Wildman–Crippen LogP) is 2.16. The lowest BCUT2D eigenvalue weighted by molar-refractivity contribution is 0.315. The molecular formula is C13H14BrN5O2. The van der Waals surface area contributed by atoms with Crippen LogP contribution in [0.3, 0.4) is 0 Å². The van der Waals surface area contributed by atoms with Gasteiger partial charge in [-0.15, -0.1) is 0 Å². The highest BCUT2D eigenvalue weighted by Crippen LogP contribution is 2.25. The molecule has 1 aromatic carbocycles. The van der Waals surface area contributed by atoms with E-state index in [9.17, 15) is 4.79 Å². The maximum atomic E-state index is 11.0. The molecule has 2 N–H and O–H groups in total. The number of benzene rings is 1. The standard InChI is InChI=1S/C13H14BrN5O2/c1-2-5-21-11-4-3-9(6-10(11)14)7-15-18-12-8-16-19-13(20)17-12/h3-4,6-8H,2,5H2,1H3,(H2,17,18,19,20)/b15-7+. The molecule has 1 heterocycles. The Morgan fingerprint density at radius 3 is 3.10 bits per heavy atom. The van der Waals surface area contributed by atoms with Gasteiger partial charge in [-0.05, 0) is 46.1 Å². The number of aromatic nitrogens is 3. The van der Waals surface area contributed by atoms with Crippen molar-refractivity contribution in [3.05, 3.63) is 44.9 Å². The summed E-state index contributed by atoms with van der Waals surface area (Å²) in [6, 6.07) is 5.64. The zero-order valence-corrected chi connectivity index (χ0v) is 12.9. The summed E-state index contributed by atoms with van der Waals surface area (Å²) in [6.07, 6.45) is 3.93. The average Bonchev–Trinajstić information content (AvgIpc) is 2.46. The van der Waals surface area contributed by atoms with Crippen LogP contribution in [0.1, 0.15) is 18.9 Å². The van der Waals surface area contributed by atoms with E-state index in [4.69, 9.17) is 4.74 Å². The molecule has 1 aromatic heterocycles. The van der Waals surface area contributed by atoms with E-state index in [1.54, 1.807) is 6.21 Å². The minimum absolute atomic E-state index is 0.275. The first-order valence-electron chi connectivity index (χ1n) is 6.32. The van der Waals surface area contributed by atoms with Gasteiger partial charge in [0.15, 0.2) is 5.82 Å². The Morgan fingerprint density at radius 2 is 2.38 bits per heavy atom. The normalized spacial score (nSPS) is 10.8. The van der Waals surface area contributed by atoms with Crippen molar-refractivity contribution in [3.8, 4) is 5.75 Å². The van der Waals surface area contributed by atoms with Crippen molar-refractivity contribution < 1.29 is 4.74 Å². The van der Waals surface area contributed by atoms with Gasteiger partial charge in [-0.25, -0.2) is 9.89 Å². The van der Waals surface area contributed by atoms with E-state index in [1.807, 2.05) is 18.2 Å². The van der Waals surface area contributed by atoms with E-state index in [2.05, 4.69) is 48.6 Å². The van der Waals surface area contributed by atoms with Gasteiger partial charge in [0.25, 0.3) is 0 Å². The number of hydrogen-bond donors (Lipinski definition) is 2. The molecule has 0 atom stereocenters. The second-order valence-corrected chi connectivity index (χ2v) is 4.93. The van der Waals surface area contributed by atoms with E-state index in [0.29, 0.717) is 6.61 Å². The average molecular weight is 352 g/mol. The zero-order chi connectivity index (χ0) is 15.1. The Hall–Kier alpha value is -2.22. The Labute approximate surface area is 129 Å². The topological polar surface area (TPSA) is 92.3 Å². The smallest absolute Gasteiger partial charge is 0.363 e. The Morgan fingerprint density at radius 1 is 1.52 bits per heavy atom. The molecule has 0 bridgehead atoms. The minimum Gasteiger partial charge on any atom is -0.492 e. The monoisotopic (exact) mass is 351 g/mol. The summed E-state index contributed by atoms with van der Waals surface area (Å²) in [5, 5.41) is 9.78. The zero-order valence-electron chi connectivity index (χ0n) is 11.3. The molecule has 0 unspecified atom stereocenters. The maximum absolute atomic E-state index is 11.0. The lowest BCUT2D eigenvalue weighted by Crippen LogP contribution is -2.13. The summed E-state index contributed by atoms with van der Waals surface area (Å²) < 4.78 is 6.42. The van der Waals surface area contributed by atoms with Crippen LogP contribution < -0.4 is 15.9 Å². The summed E-state index contributed by atoms with van der Waals surface area (Å²) in [4.78, 5) is 14.6. The molecule has 0 aliphatic rings. The van der Waals surface area contributed by atoms with Gasteiger partial charge in [0.2, 0.25) is 0 Å². The highest BCUT2D eigenvalue weighted by atomic mass is 79.9. The van der Waals surface area contributed by atoms with Gasteiger partial charge >= 0.3 is 5.69 Å². The third-order valence-electron chi connectivity index (χ3n) is 2.38. The van der Waals surface area contributed by atoms with E-state index in [1.165, 1.54) is 6.20 Å². The molecule has 0 aliphatic carbocycles. The van der Waals surface area contributed by atoms with Gasteiger partial charge < -0.3 is 4.74 Å². The molecule has 0 saturated heterocycles. The molecule has 110 valence electrons. The molecule has 2 rings (SSSR count). The van der Waals surface area contributed by atoms with Crippen molar-refractivity contribution >= 4 is 28.0 Å². The first-order chi connectivity index (χ1) is 10.2. The largest absolute Gasteiger partial charge is 0.492 e. The molecular weight excluding hydrogens is 338 g/mol. The van der Waals surface area contributed by atoms with Crippen LogP contribution in [0.25, 0.3) is 0 Å². The summed E-state index contributed by atoms with van der Waals surface area (Å²) in [6.45, 7) is 2.73. The number of nitrogens with zero attached hydrogens (tertiary/aromatic N) is 3. The van der Waals surface area contributed by atoms with Crippen LogP contribution in [-0.4, -0.2) is 28.0 Å². The van der Waals surface area contributed by atoms with Gasteiger partial charge in [-0.1, -0.05) is 6.92 Å². The van der Waals surface area contributed by atoms with E-state index in [-0.39, 0.29) is 5.82 Å². The number of nitrogens with one attached hydrogen (secondary N) is 2. The van der Waals surface area contributed by atoms with Gasteiger partial charge in [-0.3, -0.25) is 5.43 Å². The fourth-order valence-corrected chi connectivity index (χ4v) is 1.98. The fraction of sp³-hybridized carbons (Fsp3) is 0.231. The van der Waals surface area contributed by atoms with Gasteiger partial charge in [-0.2, -0.15) is 15.2 Å². The molecule has 0 aliphatic heterocycles. The third-order valence-corrected chi connectivity index (χ3v) is 3.00. The molecule has 8 heteroatoms. The van der Waals surface area contributed by atoms with E-state index >= 15 is 0 Å².